The van der Waals surface area contributed by atoms with E-state index in [2.05, 4.69) is 21.2 Å². The maximum Gasteiger partial charge on any atom is 0.266 e. The predicted molar refractivity (Wildman–Crippen MR) is 125 cm³/mol. The number of anilines is 1. The Bertz CT molecular complexity index is 1170. The Hall–Kier alpha value is -3.63. The molecule has 0 radical (unpaired) electrons. The number of nitrogens with one attached hydrogen (secondary N) is 1. The maximum absolute atomic E-state index is 13.0. The third-order valence-electron chi connectivity index (χ3n) is 4.34. The molecule has 0 unspecified atom stereocenters. The number of hydrogen-bond acceptors (Lipinski definition) is 4. The minimum absolute atomic E-state index is 0.0429. The fourth-order valence-electron chi connectivity index (χ4n) is 2.81. The van der Waals surface area contributed by atoms with Gasteiger partial charge in [-0.2, -0.15) is 5.26 Å². The summed E-state index contributed by atoms with van der Waals surface area (Å²) in [6, 6.07) is 20.2. The number of carbonyl (C=O) groups is 1. The number of nitrogens with zero attached hydrogens (tertiary/aromatic N) is 1. The van der Waals surface area contributed by atoms with Crippen molar-refractivity contribution in [3.05, 3.63) is 93.7 Å². The average Bonchev–Trinajstić information content (AvgIpc) is 2.78. The topological polar surface area (TPSA) is 71.3 Å². The Morgan fingerprint density at radius 3 is 2.59 bits per heavy atom. The summed E-state index contributed by atoms with van der Waals surface area (Å²) in [6.45, 7) is 2.67. The lowest BCUT2D eigenvalue weighted by atomic mass is 10.1. The first kappa shape index (κ1) is 23.0. The first-order chi connectivity index (χ1) is 15.5. The largest absolute Gasteiger partial charge is 0.494 e. The molecule has 32 heavy (non-hydrogen) atoms. The van der Waals surface area contributed by atoms with Crippen LogP contribution in [0, 0.1) is 17.1 Å². The molecule has 0 bridgehead atoms. The molecule has 1 amide bonds. The van der Waals surface area contributed by atoms with Gasteiger partial charge in [-0.25, -0.2) is 4.39 Å². The van der Waals surface area contributed by atoms with E-state index in [1.807, 2.05) is 13.0 Å². The Morgan fingerprint density at radius 2 is 1.91 bits per heavy atom. The van der Waals surface area contributed by atoms with Crippen molar-refractivity contribution in [2.24, 2.45) is 0 Å². The molecule has 3 aromatic rings. The van der Waals surface area contributed by atoms with Crippen molar-refractivity contribution in [2.75, 3.05) is 11.9 Å². The van der Waals surface area contributed by atoms with Crippen molar-refractivity contribution in [2.45, 2.75) is 13.5 Å². The summed E-state index contributed by atoms with van der Waals surface area (Å²) in [5.74, 6) is 0.398. The lowest BCUT2D eigenvalue weighted by Crippen LogP contribution is -2.13. The van der Waals surface area contributed by atoms with E-state index in [4.69, 9.17) is 9.47 Å². The summed E-state index contributed by atoms with van der Waals surface area (Å²) in [4.78, 5) is 12.5. The summed E-state index contributed by atoms with van der Waals surface area (Å²) in [7, 11) is 0. The molecule has 5 nitrogen and oxygen atoms in total. The number of hydrogen-bond donors (Lipinski definition) is 1. The first-order valence-electron chi connectivity index (χ1n) is 9.81. The van der Waals surface area contributed by atoms with Gasteiger partial charge in [0.2, 0.25) is 0 Å². The number of amides is 1. The summed E-state index contributed by atoms with van der Waals surface area (Å²) in [5, 5.41) is 12.2. The van der Waals surface area contributed by atoms with E-state index in [0.29, 0.717) is 33.8 Å². The summed E-state index contributed by atoms with van der Waals surface area (Å²) in [6.07, 6.45) is 1.50. The van der Waals surface area contributed by atoms with Gasteiger partial charge in [0.15, 0.2) is 0 Å². The van der Waals surface area contributed by atoms with Crippen molar-refractivity contribution in [3.8, 4) is 17.6 Å². The quantitative estimate of drug-likeness (QED) is 0.302. The predicted octanol–water partition coefficient (Wildman–Crippen LogP) is 6.11. The van der Waals surface area contributed by atoms with Gasteiger partial charge in [-0.05, 0) is 76.5 Å². The van der Waals surface area contributed by atoms with Crippen LogP contribution < -0.4 is 14.8 Å². The van der Waals surface area contributed by atoms with Crippen LogP contribution >= 0.6 is 15.9 Å². The molecule has 0 aliphatic carbocycles. The molecule has 1 N–H and O–H groups in total. The number of ether oxygens (including phenoxy) is 2. The smallest absolute Gasteiger partial charge is 0.266 e. The third kappa shape index (κ3) is 6.43. The molecule has 0 aromatic heterocycles. The van der Waals surface area contributed by atoms with Gasteiger partial charge in [-0.1, -0.05) is 24.3 Å². The zero-order valence-corrected chi connectivity index (χ0v) is 18.9. The van der Waals surface area contributed by atoms with Crippen LogP contribution in [0.2, 0.25) is 0 Å². The molecule has 0 aliphatic heterocycles. The van der Waals surface area contributed by atoms with Gasteiger partial charge in [-0.15, -0.1) is 0 Å². The second kappa shape index (κ2) is 11.1. The van der Waals surface area contributed by atoms with E-state index in [1.165, 1.54) is 18.2 Å². The van der Waals surface area contributed by atoms with E-state index >= 15 is 0 Å². The Kier molecular flexibility index (Phi) is 8.01. The molecular formula is C25H20BrFN2O3. The fraction of sp³-hybridized carbons (Fsp3) is 0.120. The van der Waals surface area contributed by atoms with E-state index in [1.54, 1.807) is 54.6 Å². The second-order valence-electron chi connectivity index (χ2n) is 6.69. The van der Waals surface area contributed by atoms with E-state index in [0.717, 1.165) is 5.56 Å². The Morgan fingerprint density at radius 1 is 1.12 bits per heavy atom. The van der Waals surface area contributed by atoms with Crippen molar-refractivity contribution in [1.29, 1.82) is 5.26 Å². The lowest BCUT2D eigenvalue weighted by Gasteiger charge is -2.10. The van der Waals surface area contributed by atoms with Crippen LogP contribution in [0.3, 0.4) is 0 Å². The number of rotatable bonds is 8. The van der Waals surface area contributed by atoms with Crippen LogP contribution in [0.1, 0.15) is 18.1 Å². The number of halogens is 2. The van der Waals surface area contributed by atoms with Crippen LogP contribution in [-0.2, 0) is 11.4 Å². The van der Waals surface area contributed by atoms with Gasteiger partial charge in [0.05, 0.1) is 11.1 Å². The van der Waals surface area contributed by atoms with Crippen molar-refractivity contribution in [3.63, 3.8) is 0 Å². The molecule has 0 saturated heterocycles. The molecule has 3 rings (SSSR count). The zero-order valence-electron chi connectivity index (χ0n) is 17.3. The highest BCUT2D eigenvalue weighted by Gasteiger charge is 2.11. The second-order valence-corrected chi connectivity index (χ2v) is 7.54. The number of carbonyl (C=O) groups excluding carboxylic acids is 1. The Balaban J connectivity index is 1.69. The van der Waals surface area contributed by atoms with E-state index in [-0.39, 0.29) is 18.0 Å². The normalized spacial score (nSPS) is 10.9. The molecule has 0 saturated carbocycles. The highest BCUT2D eigenvalue weighted by Crippen LogP contribution is 2.28. The minimum atomic E-state index is -0.520. The van der Waals surface area contributed by atoms with Crippen LogP contribution in [0.25, 0.3) is 6.08 Å². The fourth-order valence-corrected chi connectivity index (χ4v) is 3.32. The molecular weight excluding hydrogens is 475 g/mol. The van der Waals surface area contributed by atoms with Gasteiger partial charge < -0.3 is 14.8 Å². The van der Waals surface area contributed by atoms with Gasteiger partial charge >= 0.3 is 0 Å². The van der Waals surface area contributed by atoms with Crippen molar-refractivity contribution < 1.29 is 18.7 Å². The standard InChI is InChI=1S/C25H20BrFN2O3/c1-2-31-22-5-3-4-21(14-22)29-25(30)19(15-28)12-18-8-11-24(23(26)13-18)32-16-17-6-9-20(27)10-7-17/h3-14H,2,16H2,1H3,(H,29,30)/b19-12-. The molecule has 0 spiro atoms. The monoisotopic (exact) mass is 494 g/mol. The summed E-state index contributed by atoms with van der Waals surface area (Å²) < 4.78 is 24.9. The lowest BCUT2D eigenvalue weighted by molar-refractivity contribution is -0.112. The van der Waals surface area contributed by atoms with Crippen LogP contribution in [0.15, 0.2) is 76.8 Å². The molecule has 0 atom stereocenters. The average molecular weight is 495 g/mol. The van der Waals surface area contributed by atoms with Crippen molar-refractivity contribution in [1.82, 2.24) is 0 Å². The van der Waals surface area contributed by atoms with Crippen LogP contribution in [-0.4, -0.2) is 12.5 Å². The Labute approximate surface area is 194 Å². The first-order valence-corrected chi connectivity index (χ1v) is 10.6. The van der Waals surface area contributed by atoms with Gasteiger partial charge in [0, 0.05) is 11.8 Å². The van der Waals surface area contributed by atoms with Gasteiger partial charge in [0.1, 0.15) is 35.6 Å². The van der Waals surface area contributed by atoms with Crippen molar-refractivity contribution >= 4 is 33.6 Å². The SMILES string of the molecule is CCOc1cccc(NC(=O)/C(C#N)=C\c2ccc(OCc3ccc(F)cc3)c(Br)c2)c1. The highest BCUT2D eigenvalue weighted by molar-refractivity contribution is 9.10. The minimum Gasteiger partial charge on any atom is -0.494 e. The third-order valence-corrected chi connectivity index (χ3v) is 4.96. The van der Waals surface area contributed by atoms with Gasteiger partial charge in [0.25, 0.3) is 5.91 Å². The zero-order chi connectivity index (χ0) is 22.9. The number of benzene rings is 3. The molecule has 0 aliphatic rings. The highest BCUT2D eigenvalue weighted by atomic mass is 79.9. The molecule has 0 fully saturated rings. The van der Waals surface area contributed by atoms with Crippen LogP contribution in [0.4, 0.5) is 10.1 Å². The summed E-state index contributed by atoms with van der Waals surface area (Å²) >= 11 is 3.45. The maximum atomic E-state index is 13.0. The van der Waals surface area contributed by atoms with E-state index < -0.39 is 5.91 Å². The molecule has 3 aromatic carbocycles. The van der Waals surface area contributed by atoms with Gasteiger partial charge in [-0.3, -0.25) is 4.79 Å². The van der Waals surface area contributed by atoms with Crippen LogP contribution in [0.5, 0.6) is 11.5 Å². The molecule has 7 heteroatoms. The number of nitriles is 1. The summed E-state index contributed by atoms with van der Waals surface area (Å²) in [5.41, 5.74) is 1.98. The molecule has 0 heterocycles. The molecule has 162 valence electrons. The van der Waals surface area contributed by atoms with E-state index in [9.17, 15) is 14.4 Å².